The summed E-state index contributed by atoms with van der Waals surface area (Å²) in [5, 5.41) is 2.31. The number of nitrogens with zero attached hydrogens (tertiary/aromatic N) is 2. The molecule has 0 amide bonds. The van der Waals surface area contributed by atoms with E-state index in [0.717, 1.165) is 6.54 Å². The predicted octanol–water partition coefficient (Wildman–Crippen LogP) is 2.10. The van der Waals surface area contributed by atoms with Gasteiger partial charge >= 0.3 is 6.17 Å². The van der Waals surface area contributed by atoms with Crippen LogP contribution in [0.25, 0.3) is 6.08 Å². The van der Waals surface area contributed by atoms with E-state index < -0.39 is 0 Å². The summed E-state index contributed by atoms with van der Waals surface area (Å²) < 4.78 is 2.07. The molecule has 0 bridgehead atoms. The van der Waals surface area contributed by atoms with Crippen LogP contribution in [-0.4, -0.2) is 16.4 Å². The van der Waals surface area contributed by atoms with Crippen molar-refractivity contribution in [2.45, 2.75) is 25.6 Å². The molecular formula is C13H13N2+. The second kappa shape index (κ2) is 2.32. The summed E-state index contributed by atoms with van der Waals surface area (Å²) in [7, 11) is 0. The SMILES string of the molecule is C=[N+]1C2c3cc4c(cc3CN21)CCC=C4. The fraction of sp³-hybridized carbons (Fsp3) is 0.308. The third-order valence-electron chi connectivity index (χ3n) is 3.73. The number of hydrogen-bond donors (Lipinski definition) is 0. The van der Waals surface area contributed by atoms with Crippen molar-refractivity contribution in [2.75, 3.05) is 0 Å². The number of hydrogen-bond acceptors (Lipinski definition) is 1. The fourth-order valence-corrected chi connectivity index (χ4v) is 2.85. The first-order chi connectivity index (χ1) is 7.34. The Morgan fingerprint density at radius 1 is 1.33 bits per heavy atom. The van der Waals surface area contributed by atoms with Gasteiger partial charge in [0.2, 0.25) is 0 Å². The summed E-state index contributed by atoms with van der Waals surface area (Å²) in [4.78, 5) is 0. The number of rotatable bonds is 0. The molecule has 1 aliphatic carbocycles. The average molecular weight is 197 g/mol. The molecule has 1 fully saturated rings. The molecule has 3 aliphatic rings. The van der Waals surface area contributed by atoms with Crippen molar-refractivity contribution in [3.8, 4) is 0 Å². The lowest BCUT2D eigenvalue weighted by Crippen LogP contribution is -2.02. The number of benzene rings is 1. The first-order valence-corrected chi connectivity index (χ1v) is 5.53. The summed E-state index contributed by atoms with van der Waals surface area (Å²) in [6.07, 6.45) is 7.41. The van der Waals surface area contributed by atoms with Gasteiger partial charge in [-0.3, -0.25) is 0 Å². The van der Waals surface area contributed by atoms with Gasteiger partial charge in [0, 0.05) is 0 Å². The van der Waals surface area contributed by atoms with Gasteiger partial charge in [-0.25, -0.2) is 0 Å². The molecule has 2 aliphatic heterocycles. The van der Waals surface area contributed by atoms with E-state index in [4.69, 9.17) is 0 Å². The number of hydrazone groups is 1. The Morgan fingerprint density at radius 2 is 2.27 bits per heavy atom. The molecule has 0 saturated carbocycles. The first-order valence-electron chi connectivity index (χ1n) is 5.53. The van der Waals surface area contributed by atoms with Gasteiger partial charge in [0.05, 0.1) is 5.56 Å². The normalized spacial score (nSPS) is 24.9. The van der Waals surface area contributed by atoms with Crippen LogP contribution in [0.15, 0.2) is 18.2 Å². The van der Waals surface area contributed by atoms with E-state index in [9.17, 15) is 0 Å². The standard InChI is InChI=1S/C13H13N2/c1-14-13-12-7-10-5-3-2-4-9(10)6-11(12)8-15(13)14/h3,5-7,13H,1-2,4,8H2/q+1. The number of fused-ring (bicyclic) bond motifs is 4. The Labute approximate surface area is 89.1 Å². The highest BCUT2D eigenvalue weighted by Gasteiger charge is 2.57. The molecule has 2 heterocycles. The Kier molecular flexibility index (Phi) is 1.19. The Hall–Kier alpha value is -1.57. The highest BCUT2D eigenvalue weighted by molar-refractivity contribution is 5.60. The summed E-state index contributed by atoms with van der Waals surface area (Å²) in [5.74, 6) is 0. The van der Waals surface area contributed by atoms with Crippen molar-refractivity contribution in [3.05, 3.63) is 40.5 Å². The van der Waals surface area contributed by atoms with Crippen LogP contribution in [0.2, 0.25) is 0 Å². The van der Waals surface area contributed by atoms with E-state index in [1.165, 1.54) is 35.1 Å². The van der Waals surface area contributed by atoms with Gasteiger partial charge in [-0.1, -0.05) is 22.9 Å². The maximum Gasteiger partial charge on any atom is 0.327 e. The van der Waals surface area contributed by atoms with Gasteiger partial charge in [-0.15, -0.1) is 5.01 Å². The third-order valence-corrected chi connectivity index (χ3v) is 3.73. The van der Waals surface area contributed by atoms with E-state index in [-0.39, 0.29) is 0 Å². The summed E-state index contributed by atoms with van der Waals surface area (Å²) in [6.45, 7) is 5.04. The van der Waals surface area contributed by atoms with Crippen LogP contribution in [-0.2, 0) is 13.0 Å². The lowest BCUT2D eigenvalue weighted by Gasteiger charge is -2.12. The van der Waals surface area contributed by atoms with Crippen molar-refractivity contribution in [1.82, 2.24) is 5.01 Å². The molecular weight excluding hydrogens is 184 g/mol. The smallest absolute Gasteiger partial charge is 0.106 e. The maximum absolute atomic E-state index is 3.99. The molecule has 1 aromatic rings. The second-order valence-electron chi connectivity index (χ2n) is 4.60. The van der Waals surface area contributed by atoms with Crippen LogP contribution in [0.4, 0.5) is 0 Å². The molecule has 74 valence electrons. The zero-order valence-corrected chi connectivity index (χ0v) is 8.61. The summed E-state index contributed by atoms with van der Waals surface area (Å²) in [6, 6.07) is 4.75. The van der Waals surface area contributed by atoms with Crippen LogP contribution in [0.1, 0.15) is 34.8 Å². The fourth-order valence-electron chi connectivity index (χ4n) is 2.85. The van der Waals surface area contributed by atoms with E-state index in [0.29, 0.717) is 6.17 Å². The molecule has 1 atom stereocenters. The zero-order valence-electron chi connectivity index (χ0n) is 8.61. The van der Waals surface area contributed by atoms with Crippen molar-refractivity contribution in [3.63, 3.8) is 0 Å². The monoisotopic (exact) mass is 197 g/mol. The number of hydrazine groups is 1. The molecule has 0 N–H and O–H groups in total. The maximum atomic E-state index is 3.99. The summed E-state index contributed by atoms with van der Waals surface area (Å²) in [5.41, 5.74) is 5.92. The molecule has 0 spiro atoms. The highest BCUT2D eigenvalue weighted by atomic mass is 15.8. The Bertz CT molecular complexity index is 514. The van der Waals surface area contributed by atoms with Crippen molar-refractivity contribution in [2.24, 2.45) is 0 Å². The summed E-state index contributed by atoms with van der Waals surface area (Å²) >= 11 is 0. The minimum atomic E-state index is 0.473. The molecule has 0 radical (unpaired) electrons. The van der Waals surface area contributed by atoms with Crippen LogP contribution in [0, 0.1) is 0 Å². The van der Waals surface area contributed by atoms with Crippen LogP contribution < -0.4 is 0 Å². The second-order valence-corrected chi connectivity index (χ2v) is 4.60. The number of allylic oxidation sites excluding steroid dienone is 1. The average Bonchev–Trinajstić information content (AvgIpc) is 2.73. The van der Waals surface area contributed by atoms with E-state index in [2.05, 4.69) is 40.7 Å². The van der Waals surface area contributed by atoms with Crippen LogP contribution in [0.3, 0.4) is 0 Å². The predicted molar refractivity (Wildman–Crippen MR) is 59.5 cm³/mol. The first kappa shape index (κ1) is 7.69. The van der Waals surface area contributed by atoms with Crippen LogP contribution >= 0.6 is 0 Å². The van der Waals surface area contributed by atoms with Gasteiger partial charge in [0.15, 0.2) is 6.72 Å². The van der Waals surface area contributed by atoms with Crippen molar-refractivity contribution in [1.29, 1.82) is 0 Å². The van der Waals surface area contributed by atoms with Gasteiger partial charge < -0.3 is 0 Å². The van der Waals surface area contributed by atoms with Gasteiger partial charge in [-0.2, -0.15) is 0 Å². The molecule has 1 aromatic carbocycles. The lowest BCUT2D eigenvalue weighted by atomic mass is 9.93. The molecule has 1 unspecified atom stereocenters. The minimum Gasteiger partial charge on any atom is -0.106 e. The molecule has 2 nitrogen and oxygen atoms in total. The van der Waals surface area contributed by atoms with E-state index in [1.807, 2.05) is 0 Å². The van der Waals surface area contributed by atoms with Crippen LogP contribution in [0.5, 0.6) is 0 Å². The Morgan fingerprint density at radius 3 is 3.20 bits per heavy atom. The van der Waals surface area contributed by atoms with Crippen molar-refractivity contribution < 1.29 is 4.68 Å². The van der Waals surface area contributed by atoms with E-state index in [1.54, 1.807) is 0 Å². The largest absolute Gasteiger partial charge is 0.327 e. The highest BCUT2D eigenvalue weighted by Crippen LogP contribution is 2.46. The molecule has 15 heavy (non-hydrogen) atoms. The number of aryl methyl sites for hydroxylation is 1. The zero-order chi connectivity index (χ0) is 9.99. The molecule has 4 rings (SSSR count). The quantitative estimate of drug-likeness (QED) is 0.456. The topological polar surface area (TPSA) is 6.02 Å². The minimum absolute atomic E-state index is 0.473. The lowest BCUT2D eigenvalue weighted by molar-refractivity contribution is -0.458. The third kappa shape index (κ3) is 0.870. The van der Waals surface area contributed by atoms with Gasteiger partial charge in [0.25, 0.3) is 0 Å². The Balaban J connectivity index is 1.92. The van der Waals surface area contributed by atoms with Crippen molar-refractivity contribution >= 4 is 12.8 Å². The van der Waals surface area contributed by atoms with E-state index >= 15 is 0 Å². The molecule has 1 saturated heterocycles. The molecule has 2 heteroatoms. The van der Waals surface area contributed by atoms with Gasteiger partial charge in [0.1, 0.15) is 6.54 Å². The van der Waals surface area contributed by atoms with Gasteiger partial charge in [-0.05, 0) is 35.6 Å². The molecule has 0 aromatic heterocycles.